The van der Waals surface area contributed by atoms with Crippen LogP contribution in [0.25, 0.3) is 11.1 Å². The van der Waals surface area contributed by atoms with Gasteiger partial charge in [-0.05, 0) is 65.8 Å². The molecule has 1 saturated heterocycles. The third kappa shape index (κ3) is 4.37. The van der Waals surface area contributed by atoms with Gasteiger partial charge in [0.2, 0.25) is 0 Å². The molecule has 3 aromatic carbocycles. The Kier molecular flexibility index (Phi) is 5.84. The van der Waals surface area contributed by atoms with Crippen LogP contribution in [0.2, 0.25) is 0 Å². The van der Waals surface area contributed by atoms with E-state index in [4.69, 9.17) is 14.6 Å². The maximum absolute atomic E-state index is 11.2. The molecule has 2 atom stereocenters. The Balaban J connectivity index is 1.42. The minimum Gasteiger partial charge on any atom is -0.489 e. The van der Waals surface area contributed by atoms with Gasteiger partial charge in [-0.15, -0.1) is 11.8 Å². The molecule has 1 fully saturated rings. The molecule has 0 aliphatic carbocycles. The van der Waals surface area contributed by atoms with Gasteiger partial charge in [0, 0.05) is 4.90 Å². The van der Waals surface area contributed by atoms with Gasteiger partial charge >= 0.3 is 5.97 Å². The van der Waals surface area contributed by atoms with Crippen LogP contribution in [0.1, 0.15) is 24.5 Å². The van der Waals surface area contributed by atoms with Gasteiger partial charge in [0.1, 0.15) is 18.0 Å². The molecule has 4 rings (SSSR count). The van der Waals surface area contributed by atoms with Crippen LogP contribution in [0.5, 0.6) is 5.75 Å². The lowest BCUT2D eigenvalue weighted by atomic mass is 9.92. The number of hydrogen-bond acceptors (Lipinski definition) is 4. The summed E-state index contributed by atoms with van der Waals surface area (Å²) in [6, 6.07) is 24.4. The average molecular weight is 421 g/mol. The molecule has 4 nitrogen and oxygen atoms in total. The van der Waals surface area contributed by atoms with Crippen molar-refractivity contribution in [2.75, 3.05) is 6.26 Å². The van der Waals surface area contributed by atoms with E-state index in [1.165, 1.54) is 10.5 Å². The third-order valence-electron chi connectivity index (χ3n) is 5.50. The van der Waals surface area contributed by atoms with Gasteiger partial charge < -0.3 is 14.6 Å². The maximum Gasteiger partial charge on any atom is 0.306 e. The lowest BCUT2D eigenvalue weighted by Crippen LogP contribution is -2.17. The Labute approximate surface area is 180 Å². The van der Waals surface area contributed by atoms with Crippen LogP contribution < -0.4 is 4.74 Å². The Morgan fingerprint density at radius 3 is 2.37 bits per heavy atom. The number of aliphatic carboxylic acids is 1. The maximum atomic E-state index is 11.2. The molecule has 0 radical (unpaired) electrons. The molecule has 154 valence electrons. The molecular formula is C25H24O4S. The molecule has 0 spiro atoms. The number of carboxylic acid groups (broad SMARTS) is 1. The molecule has 2 unspecified atom stereocenters. The highest BCUT2D eigenvalue weighted by Gasteiger charge is 2.56. The SMILES string of the molecule is CSc1ccc(-c2cccc(COc3ccc(C4(CC(=O)O)OC4C)cc3)c2)cc1. The van der Waals surface area contributed by atoms with Crippen LogP contribution in [0.4, 0.5) is 0 Å². The van der Waals surface area contributed by atoms with E-state index >= 15 is 0 Å². The first-order chi connectivity index (χ1) is 14.5. The average Bonchev–Trinajstić information content (AvgIpc) is 3.42. The van der Waals surface area contributed by atoms with Crippen molar-refractivity contribution in [1.29, 1.82) is 0 Å². The molecule has 1 N–H and O–H groups in total. The zero-order valence-electron chi connectivity index (χ0n) is 17.0. The molecule has 0 aromatic heterocycles. The second-order valence-corrected chi connectivity index (χ2v) is 8.34. The fourth-order valence-corrected chi connectivity index (χ4v) is 4.13. The first kappa shape index (κ1) is 20.5. The van der Waals surface area contributed by atoms with E-state index in [1.54, 1.807) is 11.8 Å². The first-order valence-corrected chi connectivity index (χ1v) is 11.1. The first-order valence-electron chi connectivity index (χ1n) is 9.86. The summed E-state index contributed by atoms with van der Waals surface area (Å²) in [5.74, 6) is -0.116. The zero-order valence-corrected chi connectivity index (χ0v) is 17.8. The standard InChI is InChI=1S/C25H24O4S/c1-17-25(29-17,15-24(26)27)21-8-10-22(11-9-21)28-16-18-4-3-5-20(14-18)19-6-12-23(30-2)13-7-19/h3-14,17H,15-16H2,1-2H3,(H,26,27). The van der Waals surface area contributed by atoms with Crippen molar-refractivity contribution < 1.29 is 19.4 Å². The fourth-order valence-electron chi connectivity index (χ4n) is 3.72. The number of ether oxygens (including phenoxy) is 2. The van der Waals surface area contributed by atoms with Crippen molar-refractivity contribution in [2.24, 2.45) is 0 Å². The number of benzene rings is 3. The summed E-state index contributed by atoms with van der Waals surface area (Å²) in [4.78, 5) is 12.4. The Hall–Kier alpha value is -2.76. The third-order valence-corrected chi connectivity index (χ3v) is 6.24. The fraction of sp³-hybridized carbons (Fsp3) is 0.240. The predicted molar refractivity (Wildman–Crippen MR) is 119 cm³/mol. The largest absolute Gasteiger partial charge is 0.489 e. The molecule has 0 amide bonds. The number of carbonyl (C=O) groups is 1. The molecule has 0 saturated carbocycles. The van der Waals surface area contributed by atoms with Crippen molar-refractivity contribution in [3.05, 3.63) is 83.9 Å². The summed E-state index contributed by atoms with van der Waals surface area (Å²) in [6.07, 6.45) is 1.95. The smallest absolute Gasteiger partial charge is 0.306 e. The lowest BCUT2D eigenvalue weighted by Gasteiger charge is -2.12. The van der Waals surface area contributed by atoms with Crippen LogP contribution >= 0.6 is 11.8 Å². The molecule has 1 aliphatic heterocycles. The summed E-state index contributed by atoms with van der Waals surface area (Å²) in [6.45, 7) is 2.36. The second kappa shape index (κ2) is 8.54. The highest BCUT2D eigenvalue weighted by molar-refractivity contribution is 7.98. The van der Waals surface area contributed by atoms with Crippen molar-refractivity contribution in [1.82, 2.24) is 0 Å². The predicted octanol–water partition coefficient (Wildman–Crippen LogP) is 5.74. The van der Waals surface area contributed by atoms with Gasteiger partial charge in [-0.2, -0.15) is 0 Å². The summed E-state index contributed by atoms with van der Waals surface area (Å²) >= 11 is 1.73. The number of epoxide rings is 1. The van der Waals surface area contributed by atoms with E-state index < -0.39 is 11.6 Å². The highest BCUT2D eigenvalue weighted by Crippen LogP contribution is 2.49. The van der Waals surface area contributed by atoms with Gasteiger partial charge in [-0.3, -0.25) is 4.79 Å². The molecule has 30 heavy (non-hydrogen) atoms. The number of rotatable bonds is 8. The summed E-state index contributed by atoms with van der Waals surface area (Å²) in [7, 11) is 0. The molecule has 0 bridgehead atoms. The van der Waals surface area contributed by atoms with Gasteiger partial charge in [0.25, 0.3) is 0 Å². The lowest BCUT2D eigenvalue weighted by molar-refractivity contribution is -0.138. The Morgan fingerprint density at radius 2 is 1.77 bits per heavy atom. The molecule has 1 heterocycles. The molecule has 5 heteroatoms. The molecule has 1 aliphatic rings. The normalized spacial score (nSPS) is 20.0. The van der Waals surface area contributed by atoms with Gasteiger partial charge in [-0.1, -0.05) is 42.5 Å². The topological polar surface area (TPSA) is 59.1 Å². The Bertz CT molecular complexity index is 1030. The number of thioether (sulfide) groups is 1. The van der Waals surface area contributed by atoms with Crippen molar-refractivity contribution in [3.63, 3.8) is 0 Å². The van der Waals surface area contributed by atoms with Crippen LogP contribution in [-0.2, 0) is 21.7 Å². The quantitative estimate of drug-likeness (QED) is 0.372. The van der Waals surface area contributed by atoms with Gasteiger partial charge in [0.05, 0.1) is 12.5 Å². The van der Waals surface area contributed by atoms with E-state index in [0.717, 1.165) is 22.4 Å². The summed E-state index contributed by atoms with van der Waals surface area (Å²) in [5, 5.41) is 9.16. The van der Waals surface area contributed by atoms with Crippen LogP contribution in [0.15, 0.2) is 77.7 Å². The van der Waals surface area contributed by atoms with Crippen molar-refractivity contribution in [2.45, 2.75) is 36.6 Å². The van der Waals surface area contributed by atoms with Gasteiger partial charge in [0.15, 0.2) is 0 Å². The summed E-state index contributed by atoms with van der Waals surface area (Å²) < 4.78 is 11.6. The van der Waals surface area contributed by atoms with Gasteiger partial charge in [-0.25, -0.2) is 0 Å². The van der Waals surface area contributed by atoms with Crippen molar-refractivity contribution in [3.8, 4) is 16.9 Å². The van der Waals surface area contributed by atoms with Crippen LogP contribution in [0, 0.1) is 0 Å². The van der Waals surface area contributed by atoms with E-state index in [1.807, 2.05) is 37.3 Å². The monoisotopic (exact) mass is 420 g/mol. The molecule has 3 aromatic rings. The number of carboxylic acids is 1. The van der Waals surface area contributed by atoms with E-state index in [2.05, 4.69) is 48.7 Å². The Morgan fingerprint density at radius 1 is 1.07 bits per heavy atom. The molecular weight excluding hydrogens is 396 g/mol. The van der Waals surface area contributed by atoms with E-state index in [9.17, 15) is 4.79 Å². The summed E-state index contributed by atoms with van der Waals surface area (Å²) in [5.41, 5.74) is 3.60. The highest BCUT2D eigenvalue weighted by atomic mass is 32.2. The van der Waals surface area contributed by atoms with E-state index in [0.29, 0.717) is 6.61 Å². The minimum atomic E-state index is -0.859. The minimum absolute atomic E-state index is 0.0287. The van der Waals surface area contributed by atoms with E-state index in [-0.39, 0.29) is 12.5 Å². The second-order valence-electron chi connectivity index (χ2n) is 7.46. The number of hydrogen-bond donors (Lipinski definition) is 1. The zero-order chi connectivity index (χ0) is 21.1. The van der Waals surface area contributed by atoms with Crippen molar-refractivity contribution >= 4 is 17.7 Å². The van der Waals surface area contributed by atoms with Crippen LogP contribution in [0.3, 0.4) is 0 Å². The van der Waals surface area contributed by atoms with Crippen LogP contribution in [-0.4, -0.2) is 23.4 Å².